The Kier molecular flexibility index (Phi) is 7.21. The molecule has 2 aromatic rings. The van der Waals surface area contributed by atoms with Crippen molar-refractivity contribution in [2.45, 2.75) is 68.4 Å². The van der Waals surface area contributed by atoms with E-state index in [-0.39, 0.29) is 0 Å². The molecule has 0 heterocycles. The zero-order valence-corrected chi connectivity index (χ0v) is 16.6. The number of thioether (sulfide) groups is 1. The van der Waals surface area contributed by atoms with E-state index in [9.17, 15) is 0 Å². The third-order valence-corrected chi connectivity index (χ3v) is 6.74. The van der Waals surface area contributed by atoms with Gasteiger partial charge in [0.05, 0.1) is 11.6 Å². The first kappa shape index (κ1) is 19.1. The molecule has 0 aliphatic heterocycles. The number of nitriles is 1. The van der Waals surface area contributed by atoms with Crippen LogP contribution in [0.2, 0.25) is 0 Å². The van der Waals surface area contributed by atoms with Gasteiger partial charge in [0.2, 0.25) is 0 Å². The van der Waals surface area contributed by atoms with Gasteiger partial charge >= 0.3 is 0 Å². The highest BCUT2D eigenvalue weighted by Gasteiger charge is 2.21. The van der Waals surface area contributed by atoms with E-state index in [1.54, 1.807) is 0 Å². The molecule has 0 aromatic heterocycles. The predicted octanol–water partition coefficient (Wildman–Crippen LogP) is 7.31. The minimum Gasteiger partial charge on any atom is -0.192 e. The van der Waals surface area contributed by atoms with Gasteiger partial charge in [-0.15, -0.1) is 11.8 Å². The lowest BCUT2D eigenvalue weighted by molar-refractivity contribution is 0.304. The van der Waals surface area contributed by atoms with Crippen LogP contribution in [0.25, 0.3) is 0 Å². The van der Waals surface area contributed by atoms with Gasteiger partial charge in [0, 0.05) is 10.6 Å². The summed E-state index contributed by atoms with van der Waals surface area (Å²) in [6, 6.07) is 19.3. The van der Waals surface area contributed by atoms with Crippen LogP contribution in [0.15, 0.2) is 53.4 Å². The molecule has 0 bridgehead atoms. The molecule has 1 fully saturated rings. The second-order valence-corrected chi connectivity index (χ2v) is 8.58. The lowest BCUT2D eigenvalue weighted by atomic mass is 9.77. The molecular formula is C24H29NS. The highest BCUT2D eigenvalue weighted by atomic mass is 32.2. The summed E-state index contributed by atoms with van der Waals surface area (Å²) in [5, 5.41) is 8.87. The number of hydrogen-bond acceptors (Lipinski definition) is 2. The highest BCUT2D eigenvalue weighted by molar-refractivity contribution is 7.98. The van der Waals surface area contributed by atoms with E-state index in [0.29, 0.717) is 0 Å². The van der Waals surface area contributed by atoms with Crippen LogP contribution in [0.4, 0.5) is 0 Å². The molecule has 136 valence electrons. The van der Waals surface area contributed by atoms with E-state index in [1.807, 2.05) is 36.0 Å². The van der Waals surface area contributed by atoms with Gasteiger partial charge in [0.15, 0.2) is 0 Å². The predicted molar refractivity (Wildman–Crippen MR) is 111 cm³/mol. The van der Waals surface area contributed by atoms with Crippen molar-refractivity contribution in [3.05, 3.63) is 65.2 Å². The number of unbranched alkanes of at least 4 members (excludes halogenated alkanes) is 1. The molecule has 0 unspecified atom stereocenters. The highest BCUT2D eigenvalue weighted by Crippen LogP contribution is 2.37. The maximum atomic E-state index is 8.87. The normalized spacial score (nSPS) is 19.8. The maximum absolute atomic E-state index is 8.87. The Labute approximate surface area is 162 Å². The van der Waals surface area contributed by atoms with Crippen LogP contribution in [0.5, 0.6) is 0 Å². The van der Waals surface area contributed by atoms with E-state index in [0.717, 1.165) is 23.2 Å². The van der Waals surface area contributed by atoms with Crippen LogP contribution in [-0.2, 0) is 5.75 Å². The minimum absolute atomic E-state index is 0.725. The van der Waals surface area contributed by atoms with Crippen LogP contribution in [-0.4, -0.2) is 0 Å². The second-order valence-electron chi connectivity index (χ2n) is 7.53. The summed E-state index contributed by atoms with van der Waals surface area (Å²) in [5.41, 5.74) is 3.63. The molecule has 0 atom stereocenters. The lowest BCUT2D eigenvalue weighted by Gasteiger charge is -2.29. The van der Waals surface area contributed by atoms with Crippen molar-refractivity contribution in [3.8, 4) is 6.07 Å². The van der Waals surface area contributed by atoms with Crippen molar-refractivity contribution in [2.75, 3.05) is 0 Å². The Bertz CT molecular complexity index is 703. The topological polar surface area (TPSA) is 23.8 Å². The standard InChI is InChI=1S/C24H29NS/c1-2-3-4-19-5-11-22(12-6-19)23-13-7-21(8-14-23)18-26-24-15-9-20(17-25)10-16-24/h7-10,13-16,19,22H,2-6,11-12,18H2,1H3. The average molecular weight is 364 g/mol. The first-order valence-corrected chi connectivity index (χ1v) is 11.0. The van der Waals surface area contributed by atoms with Crippen molar-refractivity contribution < 1.29 is 0 Å². The largest absolute Gasteiger partial charge is 0.192 e. The first-order valence-electron chi connectivity index (χ1n) is 10.00. The Morgan fingerprint density at radius 3 is 2.27 bits per heavy atom. The van der Waals surface area contributed by atoms with E-state index in [1.165, 1.54) is 61.0 Å². The van der Waals surface area contributed by atoms with E-state index in [4.69, 9.17) is 5.26 Å². The minimum atomic E-state index is 0.725. The van der Waals surface area contributed by atoms with Crippen LogP contribution in [0.3, 0.4) is 0 Å². The second kappa shape index (κ2) is 9.83. The lowest BCUT2D eigenvalue weighted by Crippen LogP contribution is -2.13. The fourth-order valence-corrected chi connectivity index (χ4v) is 4.81. The first-order chi connectivity index (χ1) is 12.8. The molecule has 1 aliphatic rings. The third-order valence-electron chi connectivity index (χ3n) is 5.65. The molecule has 1 aliphatic carbocycles. The third kappa shape index (κ3) is 5.39. The van der Waals surface area contributed by atoms with Gasteiger partial charge < -0.3 is 0 Å². The Balaban J connectivity index is 1.48. The van der Waals surface area contributed by atoms with Crippen LogP contribution < -0.4 is 0 Å². The van der Waals surface area contributed by atoms with Gasteiger partial charge in [0.25, 0.3) is 0 Å². The number of nitrogens with zero attached hydrogens (tertiary/aromatic N) is 1. The smallest absolute Gasteiger partial charge is 0.0991 e. The molecule has 2 heteroatoms. The fraction of sp³-hybridized carbons (Fsp3) is 0.458. The van der Waals surface area contributed by atoms with E-state index >= 15 is 0 Å². The molecule has 0 saturated heterocycles. The molecule has 2 aromatic carbocycles. The summed E-state index contributed by atoms with van der Waals surface area (Å²) in [5.74, 6) is 2.73. The van der Waals surface area contributed by atoms with Gasteiger partial charge in [-0.1, -0.05) is 50.5 Å². The van der Waals surface area contributed by atoms with Crippen LogP contribution in [0.1, 0.15) is 74.5 Å². The van der Waals surface area contributed by atoms with E-state index in [2.05, 4.69) is 37.3 Å². The van der Waals surface area contributed by atoms with Gasteiger partial charge in [-0.2, -0.15) is 5.26 Å². The molecule has 0 radical (unpaired) electrons. The Morgan fingerprint density at radius 2 is 1.65 bits per heavy atom. The van der Waals surface area contributed by atoms with Crippen molar-refractivity contribution in [3.63, 3.8) is 0 Å². The fourth-order valence-electron chi connectivity index (χ4n) is 3.96. The quantitative estimate of drug-likeness (QED) is 0.481. The summed E-state index contributed by atoms with van der Waals surface area (Å²) in [4.78, 5) is 1.22. The van der Waals surface area contributed by atoms with Crippen molar-refractivity contribution in [1.82, 2.24) is 0 Å². The van der Waals surface area contributed by atoms with Crippen LogP contribution in [0, 0.1) is 17.2 Å². The summed E-state index contributed by atoms with van der Waals surface area (Å²) >= 11 is 1.83. The summed E-state index contributed by atoms with van der Waals surface area (Å²) in [6.45, 7) is 2.30. The number of benzene rings is 2. The van der Waals surface area contributed by atoms with Gasteiger partial charge in [0.1, 0.15) is 0 Å². The van der Waals surface area contributed by atoms with Crippen LogP contribution >= 0.6 is 11.8 Å². The molecular weight excluding hydrogens is 334 g/mol. The molecule has 0 N–H and O–H groups in total. The Morgan fingerprint density at radius 1 is 0.962 bits per heavy atom. The molecule has 1 saturated carbocycles. The molecule has 1 nitrogen and oxygen atoms in total. The zero-order chi connectivity index (χ0) is 18.2. The summed E-state index contributed by atoms with van der Waals surface area (Å²) < 4.78 is 0. The zero-order valence-electron chi connectivity index (χ0n) is 15.8. The SMILES string of the molecule is CCCCC1CCC(c2ccc(CSc3ccc(C#N)cc3)cc2)CC1. The average Bonchev–Trinajstić information content (AvgIpc) is 2.72. The monoisotopic (exact) mass is 363 g/mol. The van der Waals surface area contributed by atoms with Gasteiger partial charge in [-0.3, -0.25) is 0 Å². The van der Waals surface area contributed by atoms with Crippen molar-refractivity contribution >= 4 is 11.8 Å². The van der Waals surface area contributed by atoms with Crippen molar-refractivity contribution in [1.29, 1.82) is 5.26 Å². The molecule has 3 rings (SSSR count). The molecule has 0 spiro atoms. The molecule has 0 amide bonds. The molecule has 26 heavy (non-hydrogen) atoms. The maximum Gasteiger partial charge on any atom is 0.0991 e. The van der Waals surface area contributed by atoms with Crippen molar-refractivity contribution in [2.24, 2.45) is 5.92 Å². The number of rotatable bonds is 7. The Hall–Kier alpha value is -1.72. The van der Waals surface area contributed by atoms with Gasteiger partial charge in [-0.25, -0.2) is 0 Å². The van der Waals surface area contributed by atoms with Gasteiger partial charge in [-0.05, 0) is 72.9 Å². The van der Waals surface area contributed by atoms with E-state index < -0.39 is 0 Å². The summed E-state index contributed by atoms with van der Waals surface area (Å²) in [7, 11) is 0. The summed E-state index contributed by atoms with van der Waals surface area (Å²) in [6.07, 6.45) is 9.75. The number of hydrogen-bond donors (Lipinski definition) is 0.